The van der Waals surface area contributed by atoms with Crippen LogP contribution >= 0.6 is 0 Å². The van der Waals surface area contributed by atoms with Crippen LogP contribution in [0.3, 0.4) is 0 Å². The van der Waals surface area contributed by atoms with Gasteiger partial charge in [0.25, 0.3) is 5.92 Å². The standard InChI is InChI=1S/C23H21F2N9/c24-23(25)4-7-33(8-5-23)22-20-16(3-6-26-22)29-21(30-20)19-15-9-17(27-11-18(15)31-32-19)13-10-28-34(12-13)14-1-2-14/h3,6,9-12,14H,1-2,4-5,7-8H2,(H,29,30)(H,31,32). The predicted octanol–water partition coefficient (Wildman–Crippen LogP) is 4.33. The summed E-state index contributed by atoms with van der Waals surface area (Å²) in [7, 11) is 0. The minimum absolute atomic E-state index is 0.181. The van der Waals surface area contributed by atoms with Gasteiger partial charge in [0.1, 0.15) is 11.2 Å². The largest absolute Gasteiger partial charge is 0.354 e. The van der Waals surface area contributed by atoms with Gasteiger partial charge in [0.05, 0.1) is 35.2 Å². The molecule has 0 radical (unpaired) electrons. The lowest BCUT2D eigenvalue weighted by Crippen LogP contribution is -2.39. The number of anilines is 1. The van der Waals surface area contributed by atoms with Gasteiger partial charge in [-0.2, -0.15) is 10.2 Å². The van der Waals surface area contributed by atoms with Crippen LogP contribution in [0.25, 0.3) is 44.7 Å². The molecule has 1 saturated heterocycles. The Morgan fingerprint density at radius 1 is 1.06 bits per heavy atom. The van der Waals surface area contributed by atoms with Gasteiger partial charge in [-0.3, -0.25) is 14.8 Å². The van der Waals surface area contributed by atoms with E-state index in [1.807, 2.05) is 34.1 Å². The highest BCUT2D eigenvalue weighted by Gasteiger charge is 2.35. The molecule has 1 aliphatic carbocycles. The molecule has 0 spiro atoms. The van der Waals surface area contributed by atoms with Gasteiger partial charge in [-0.1, -0.05) is 0 Å². The Kier molecular flexibility index (Phi) is 4.06. The molecular formula is C23H21F2N9. The Morgan fingerprint density at radius 2 is 1.91 bits per heavy atom. The molecule has 2 fully saturated rings. The summed E-state index contributed by atoms with van der Waals surface area (Å²) in [6.45, 7) is 0.492. The van der Waals surface area contributed by atoms with Crippen LogP contribution < -0.4 is 4.90 Å². The summed E-state index contributed by atoms with van der Waals surface area (Å²) >= 11 is 0. The summed E-state index contributed by atoms with van der Waals surface area (Å²) < 4.78 is 29.3. The summed E-state index contributed by atoms with van der Waals surface area (Å²) in [5.41, 5.74) is 4.67. The van der Waals surface area contributed by atoms with Crippen molar-refractivity contribution in [2.24, 2.45) is 0 Å². The molecule has 1 saturated carbocycles. The normalized spacial score (nSPS) is 18.2. The van der Waals surface area contributed by atoms with E-state index in [-0.39, 0.29) is 25.9 Å². The monoisotopic (exact) mass is 461 g/mol. The maximum Gasteiger partial charge on any atom is 0.251 e. The van der Waals surface area contributed by atoms with E-state index >= 15 is 0 Å². The van der Waals surface area contributed by atoms with Crippen molar-refractivity contribution in [3.63, 3.8) is 0 Å². The van der Waals surface area contributed by atoms with Crippen LogP contribution in [-0.2, 0) is 0 Å². The fraction of sp³-hybridized carbons (Fsp3) is 0.348. The molecule has 0 amide bonds. The number of pyridine rings is 2. The van der Waals surface area contributed by atoms with E-state index in [1.54, 1.807) is 12.4 Å². The highest BCUT2D eigenvalue weighted by atomic mass is 19.3. The quantitative estimate of drug-likeness (QED) is 0.413. The lowest BCUT2D eigenvalue weighted by atomic mass is 10.1. The number of hydrogen-bond donors (Lipinski definition) is 2. The number of halogens is 2. The summed E-state index contributed by atoms with van der Waals surface area (Å²) in [6, 6.07) is 4.33. The minimum atomic E-state index is -2.62. The molecule has 2 N–H and O–H groups in total. The van der Waals surface area contributed by atoms with Crippen LogP contribution in [0.4, 0.5) is 14.6 Å². The van der Waals surface area contributed by atoms with Crippen LogP contribution in [0.15, 0.2) is 36.9 Å². The van der Waals surface area contributed by atoms with Crippen molar-refractivity contribution in [1.29, 1.82) is 0 Å². The van der Waals surface area contributed by atoms with Crippen LogP contribution in [0.1, 0.15) is 31.7 Å². The van der Waals surface area contributed by atoms with Gasteiger partial charge >= 0.3 is 0 Å². The number of piperidine rings is 1. The molecule has 0 bridgehead atoms. The van der Waals surface area contributed by atoms with Crippen molar-refractivity contribution in [3.8, 4) is 22.8 Å². The lowest BCUT2D eigenvalue weighted by Gasteiger charge is -2.32. The van der Waals surface area contributed by atoms with Crippen molar-refractivity contribution in [2.45, 2.75) is 37.6 Å². The zero-order valence-corrected chi connectivity index (χ0v) is 18.2. The van der Waals surface area contributed by atoms with Crippen molar-refractivity contribution in [2.75, 3.05) is 18.0 Å². The van der Waals surface area contributed by atoms with Crippen molar-refractivity contribution >= 4 is 27.8 Å². The van der Waals surface area contributed by atoms with Gasteiger partial charge in [-0.15, -0.1) is 0 Å². The molecule has 2 aliphatic rings. The number of H-pyrrole nitrogens is 2. The summed E-state index contributed by atoms with van der Waals surface area (Å²) in [4.78, 5) is 19.0. The Balaban J connectivity index is 1.27. The average molecular weight is 461 g/mol. The third-order valence-corrected chi connectivity index (χ3v) is 6.67. The van der Waals surface area contributed by atoms with E-state index in [1.165, 1.54) is 12.8 Å². The van der Waals surface area contributed by atoms with Crippen molar-refractivity contribution in [1.82, 2.24) is 39.9 Å². The van der Waals surface area contributed by atoms with Crippen LogP contribution in [0.2, 0.25) is 0 Å². The zero-order valence-electron chi connectivity index (χ0n) is 18.2. The first kappa shape index (κ1) is 19.6. The number of nitrogens with zero attached hydrogens (tertiary/aromatic N) is 7. The van der Waals surface area contributed by atoms with Gasteiger partial charge in [0.2, 0.25) is 0 Å². The van der Waals surface area contributed by atoms with E-state index in [0.29, 0.717) is 28.9 Å². The SMILES string of the molecule is FC1(F)CCN(c2nccc3[nH]c(-c4n[nH]c5cnc(-c6cnn(C7CC7)c6)cc45)nc23)CC1. The fourth-order valence-corrected chi connectivity index (χ4v) is 4.57. The van der Waals surface area contributed by atoms with Crippen LogP contribution in [0, 0.1) is 0 Å². The summed E-state index contributed by atoms with van der Waals surface area (Å²) in [5.74, 6) is -1.41. The third kappa shape index (κ3) is 3.22. The number of nitrogens with one attached hydrogen (secondary N) is 2. The molecule has 34 heavy (non-hydrogen) atoms. The number of hydrogen-bond acceptors (Lipinski definition) is 6. The molecule has 5 aromatic heterocycles. The molecule has 172 valence electrons. The molecule has 0 atom stereocenters. The topological polar surface area (TPSA) is 104 Å². The van der Waals surface area contributed by atoms with Crippen molar-refractivity contribution < 1.29 is 8.78 Å². The molecule has 0 aromatic carbocycles. The Morgan fingerprint density at radius 3 is 2.74 bits per heavy atom. The van der Waals surface area contributed by atoms with Crippen LogP contribution in [0.5, 0.6) is 0 Å². The fourth-order valence-electron chi connectivity index (χ4n) is 4.57. The summed E-state index contributed by atoms with van der Waals surface area (Å²) in [6.07, 6.45) is 9.29. The Labute approximate surface area is 192 Å². The van der Waals surface area contributed by atoms with Gasteiger partial charge in [-0.25, -0.2) is 18.7 Å². The molecule has 9 nitrogen and oxygen atoms in total. The maximum absolute atomic E-state index is 13.7. The number of aromatic nitrogens is 8. The first-order valence-corrected chi connectivity index (χ1v) is 11.4. The van der Waals surface area contributed by atoms with Crippen LogP contribution in [-0.4, -0.2) is 58.9 Å². The van der Waals surface area contributed by atoms with E-state index < -0.39 is 5.92 Å². The second kappa shape index (κ2) is 7.05. The molecule has 7 rings (SSSR count). The first-order chi connectivity index (χ1) is 16.5. The Bertz CT molecular complexity index is 1520. The van der Waals surface area contributed by atoms with E-state index in [4.69, 9.17) is 4.98 Å². The first-order valence-electron chi connectivity index (χ1n) is 11.4. The average Bonchev–Trinajstić information content (AvgIpc) is 3.22. The van der Waals surface area contributed by atoms with Crippen molar-refractivity contribution in [3.05, 3.63) is 36.9 Å². The smallest absolute Gasteiger partial charge is 0.251 e. The predicted molar refractivity (Wildman–Crippen MR) is 123 cm³/mol. The number of fused-ring (bicyclic) bond motifs is 2. The van der Waals surface area contributed by atoms with E-state index in [2.05, 4.69) is 30.2 Å². The maximum atomic E-state index is 13.7. The second-order valence-electron chi connectivity index (χ2n) is 9.09. The van der Waals surface area contributed by atoms with Gasteiger partial charge in [0.15, 0.2) is 11.6 Å². The van der Waals surface area contributed by atoms with Gasteiger partial charge in [-0.05, 0) is 25.0 Å². The highest BCUT2D eigenvalue weighted by molar-refractivity contribution is 5.96. The molecular weight excluding hydrogens is 440 g/mol. The van der Waals surface area contributed by atoms with Gasteiger partial charge in [0, 0.05) is 49.3 Å². The third-order valence-electron chi connectivity index (χ3n) is 6.67. The Hall–Kier alpha value is -3.89. The molecule has 1 aliphatic heterocycles. The molecule has 6 heterocycles. The zero-order chi connectivity index (χ0) is 22.9. The molecule has 5 aromatic rings. The second-order valence-corrected chi connectivity index (χ2v) is 9.09. The summed E-state index contributed by atoms with van der Waals surface area (Å²) in [5, 5.41) is 12.9. The minimum Gasteiger partial charge on any atom is -0.354 e. The number of rotatable bonds is 4. The molecule has 11 heteroatoms. The van der Waals surface area contributed by atoms with E-state index in [0.717, 1.165) is 27.7 Å². The lowest BCUT2D eigenvalue weighted by molar-refractivity contribution is -0.0221. The number of aromatic amines is 2. The van der Waals surface area contributed by atoms with Gasteiger partial charge < -0.3 is 9.88 Å². The van der Waals surface area contributed by atoms with E-state index in [9.17, 15) is 8.78 Å². The molecule has 0 unspecified atom stereocenters. The number of imidazole rings is 1. The highest BCUT2D eigenvalue weighted by Crippen LogP contribution is 2.36. The number of alkyl halides is 2.